The number of thioether (sulfide) groups is 1. The first-order chi connectivity index (χ1) is 17.5. The van der Waals surface area contributed by atoms with Crippen molar-refractivity contribution in [1.82, 2.24) is 19.7 Å². The number of benzene rings is 1. The average molecular weight is 544 g/mol. The van der Waals surface area contributed by atoms with Gasteiger partial charge in [0.05, 0.1) is 18.1 Å². The number of aryl methyl sites for hydroxylation is 1. The van der Waals surface area contributed by atoms with E-state index in [1.165, 1.54) is 17.3 Å². The number of amides is 1. The molecule has 0 radical (unpaired) electrons. The summed E-state index contributed by atoms with van der Waals surface area (Å²) in [5.74, 6) is 0.748. The third-order valence-electron chi connectivity index (χ3n) is 5.29. The summed E-state index contributed by atoms with van der Waals surface area (Å²) in [6.07, 6.45) is 1.38. The number of rotatable bonds is 11. The number of nitrogens with one attached hydrogen (secondary N) is 1. The summed E-state index contributed by atoms with van der Waals surface area (Å²) in [5, 5.41) is 12.3. The van der Waals surface area contributed by atoms with Gasteiger partial charge in [0.1, 0.15) is 10.6 Å². The van der Waals surface area contributed by atoms with Gasteiger partial charge in [0.2, 0.25) is 5.91 Å². The summed E-state index contributed by atoms with van der Waals surface area (Å²) >= 11 is 2.34. The number of ether oxygens (including phenoxy) is 2. The van der Waals surface area contributed by atoms with E-state index in [2.05, 4.69) is 60.0 Å². The molecule has 0 aliphatic rings. The highest BCUT2D eigenvalue weighted by molar-refractivity contribution is 7.99. The van der Waals surface area contributed by atoms with Crippen molar-refractivity contribution in [1.29, 1.82) is 0 Å². The van der Waals surface area contributed by atoms with Crippen molar-refractivity contribution >= 4 is 40.1 Å². The van der Waals surface area contributed by atoms with E-state index in [0.29, 0.717) is 33.2 Å². The standard InChI is InChI=1S/C26H33N5O4S2/c1-8-14-31-22(17(4)35-19-12-10-18(11-13-19)26(5,6)7)29-30-25(31)36-15-20(32)28-24-27-16(3)21(37-24)23(33)34-9-2/h8,10-13,17H,1,9,14-15H2,2-7H3,(H,27,28,32). The number of carbonyl (C=O) groups is 2. The number of esters is 1. The molecular formula is C26H33N5O4S2. The Kier molecular flexibility index (Phi) is 9.50. The highest BCUT2D eigenvalue weighted by Crippen LogP contribution is 2.28. The van der Waals surface area contributed by atoms with Gasteiger partial charge in [-0.05, 0) is 43.9 Å². The Balaban J connectivity index is 1.64. The monoisotopic (exact) mass is 543 g/mol. The van der Waals surface area contributed by atoms with E-state index in [1.54, 1.807) is 19.9 Å². The van der Waals surface area contributed by atoms with Crippen LogP contribution < -0.4 is 10.1 Å². The Bertz CT molecular complexity index is 1240. The molecule has 1 atom stereocenters. The number of carbonyl (C=O) groups excluding carboxylic acids is 2. The summed E-state index contributed by atoms with van der Waals surface area (Å²) in [6.45, 7) is 16.4. The highest BCUT2D eigenvalue weighted by atomic mass is 32.2. The lowest BCUT2D eigenvalue weighted by Crippen LogP contribution is -2.15. The predicted molar refractivity (Wildman–Crippen MR) is 147 cm³/mol. The Morgan fingerprint density at radius 3 is 2.57 bits per heavy atom. The van der Waals surface area contributed by atoms with Gasteiger partial charge >= 0.3 is 5.97 Å². The van der Waals surface area contributed by atoms with Crippen LogP contribution in [0.25, 0.3) is 0 Å². The maximum absolute atomic E-state index is 12.6. The topological polar surface area (TPSA) is 108 Å². The fourth-order valence-electron chi connectivity index (χ4n) is 3.42. The predicted octanol–water partition coefficient (Wildman–Crippen LogP) is 5.57. The lowest BCUT2D eigenvalue weighted by molar-refractivity contribution is -0.113. The first-order valence-corrected chi connectivity index (χ1v) is 13.7. The fraction of sp³-hybridized carbons (Fsp3) is 0.423. The van der Waals surface area contributed by atoms with Crippen LogP contribution >= 0.6 is 23.1 Å². The number of nitrogens with zero attached hydrogens (tertiary/aromatic N) is 4. The zero-order valence-corrected chi connectivity index (χ0v) is 23.7. The zero-order chi connectivity index (χ0) is 27.2. The van der Waals surface area contributed by atoms with Crippen molar-refractivity contribution in [2.24, 2.45) is 0 Å². The SMILES string of the molecule is C=CCn1c(SCC(=O)Nc2nc(C)c(C(=O)OCC)s2)nnc1C(C)Oc1ccc(C(C)(C)C)cc1. The summed E-state index contributed by atoms with van der Waals surface area (Å²) in [7, 11) is 0. The molecule has 0 saturated heterocycles. The third-order valence-corrected chi connectivity index (χ3v) is 7.31. The quantitative estimate of drug-likeness (QED) is 0.190. The largest absolute Gasteiger partial charge is 0.483 e. The van der Waals surface area contributed by atoms with Gasteiger partial charge in [-0.2, -0.15) is 0 Å². The Labute approximate surface area is 225 Å². The van der Waals surface area contributed by atoms with Crippen molar-refractivity contribution in [3.63, 3.8) is 0 Å². The summed E-state index contributed by atoms with van der Waals surface area (Å²) < 4.78 is 13.0. The van der Waals surface area contributed by atoms with E-state index < -0.39 is 5.97 Å². The molecule has 1 unspecified atom stereocenters. The molecule has 0 bridgehead atoms. The van der Waals surface area contributed by atoms with Gasteiger partial charge < -0.3 is 14.8 Å². The summed E-state index contributed by atoms with van der Waals surface area (Å²) in [5.41, 5.74) is 1.81. The van der Waals surface area contributed by atoms with E-state index in [1.807, 2.05) is 23.6 Å². The number of thiazole rings is 1. The molecule has 3 rings (SSSR count). The van der Waals surface area contributed by atoms with Crippen LogP contribution in [0.2, 0.25) is 0 Å². The normalized spacial score (nSPS) is 12.2. The van der Waals surface area contributed by atoms with Gasteiger partial charge in [-0.25, -0.2) is 9.78 Å². The van der Waals surface area contributed by atoms with E-state index in [0.717, 1.165) is 17.1 Å². The summed E-state index contributed by atoms with van der Waals surface area (Å²) in [6, 6.07) is 8.05. The highest BCUT2D eigenvalue weighted by Gasteiger charge is 2.21. The second-order valence-corrected chi connectivity index (χ2v) is 11.2. The van der Waals surface area contributed by atoms with Crippen molar-refractivity contribution in [3.8, 4) is 5.75 Å². The van der Waals surface area contributed by atoms with Crippen LogP contribution in [-0.4, -0.2) is 44.0 Å². The van der Waals surface area contributed by atoms with Gasteiger partial charge in [0.15, 0.2) is 22.2 Å². The van der Waals surface area contributed by atoms with Crippen molar-refractivity contribution in [2.45, 2.75) is 64.8 Å². The minimum atomic E-state index is -0.445. The maximum Gasteiger partial charge on any atom is 0.350 e. The van der Waals surface area contributed by atoms with Crippen LogP contribution in [0.15, 0.2) is 42.1 Å². The zero-order valence-electron chi connectivity index (χ0n) is 22.0. The average Bonchev–Trinajstić information content (AvgIpc) is 3.40. The molecule has 0 spiro atoms. The van der Waals surface area contributed by atoms with Crippen LogP contribution in [0.5, 0.6) is 5.75 Å². The molecule has 1 aromatic carbocycles. The van der Waals surface area contributed by atoms with Gasteiger partial charge in [-0.3, -0.25) is 9.36 Å². The number of hydrogen-bond acceptors (Lipinski definition) is 9. The van der Waals surface area contributed by atoms with Crippen LogP contribution in [0.4, 0.5) is 5.13 Å². The van der Waals surface area contributed by atoms with Crippen molar-refractivity contribution < 1.29 is 19.1 Å². The van der Waals surface area contributed by atoms with Crippen LogP contribution in [0.1, 0.15) is 67.5 Å². The first kappa shape index (κ1) is 28.4. The first-order valence-electron chi connectivity index (χ1n) is 11.9. The molecule has 1 N–H and O–H groups in total. The molecule has 0 saturated carbocycles. The Hall–Kier alpha value is -3.18. The van der Waals surface area contributed by atoms with Gasteiger partial charge in [0.25, 0.3) is 0 Å². The van der Waals surface area contributed by atoms with Gasteiger partial charge in [-0.15, -0.1) is 16.8 Å². The molecule has 0 aliphatic carbocycles. The third kappa shape index (κ3) is 7.42. The molecule has 37 heavy (non-hydrogen) atoms. The molecule has 198 valence electrons. The smallest absolute Gasteiger partial charge is 0.350 e. The molecule has 9 nitrogen and oxygen atoms in total. The van der Waals surface area contributed by atoms with Crippen LogP contribution in [0, 0.1) is 6.92 Å². The van der Waals surface area contributed by atoms with E-state index in [9.17, 15) is 9.59 Å². The molecule has 2 heterocycles. The van der Waals surface area contributed by atoms with Crippen molar-refractivity contribution in [2.75, 3.05) is 17.7 Å². The second-order valence-electron chi connectivity index (χ2n) is 9.27. The van der Waals surface area contributed by atoms with Gasteiger partial charge in [0, 0.05) is 6.54 Å². The number of anilines is 1. The fourth-order valence-corrected chi connectivity index (χ4v) is 5.05. The minimum Gasteiger partial charge on any atom is -0.483 e. The molecule has 11 heteroatoms. The van der Waals surface area contributed by atoms with Crippen LogP contribution in [0.3, 0.4) is 0 Å². The molecular weight excluding hydrogens is 510 g/mol. The maximum atomic E-state index is 12.6. The molecule has 0 fully saturated rings. The molecule has 0 aliphatic heterocycles. The summed E-state index contributed by atoms with van der Waals surface area (Å²) in [4.78, 5) is 29.2. The molecule has 3 aromatic rings. The van der Waals surface area contributed by atoms with Gasteiger partial charge in [-0.1, -0.05) is 62.1 Å². The molecule has 1 amide bonds. The number of hydrogen-bond donors (Lipinski definition) is 1. The Morgan fingerprint density at radius 2 is 1.95 bits per heavy atom. The number of aromatic nitrogens is 4. The van der Waals surface area contributed by atoms with E-state index >= 15 is 0 Å². The lowest BCUT2D eigenvalue weighted by atomic mass is 9.87. The lowest BCUT2D eigenvalue weighted by Gasteiger charge is -2.20. The van der Waals surface area contributed by atoms with Crippen molar-refractivity contribution in [3.05, 3.63) is 58.9 Å². The Morgan fingerprint density at radius 1 is 1.24 bits per heavy atom. The van der Waals surface area contributed by atoms with E-state index in [4.69, 9.17) is 9.47 Å². The van der Waals surface area contributed by atoms with E-state index in [-0.39, 0.29) is 29.8 Å². The second kappa shape index (κ2) is 12.4. The minimum absolute atomic E-state index is 0.0638. The number of allylic oxidation sites excluding steroid dienone is 1. The van der Waals surface area contributed by atoms with Crippen LogP contribution in [-0.2, 0) is 21.5 Å². The molecule has 2 aromatic heterocycles.